The van der Waals surface area contributed by atoms with E-state index in [0.717, 1.165) is 0 Å². The quantitative estimate of drug-likeness (QED) is 0.553. The number of hydrogen-bond donors (Lipinski definition) is 2. The molecule has 0 bridgehead atoms. The minimum Gasteiger partial charge on any atom is -0.493 e. The molecule has 8 heteroatoms. The topological polar surface area (TPSA) is 124 Å². The van der Waals surface area contributed by atoms with E-state index in [1.807, 2.05) is 12.1 Å². The monoisotopic (exact) mass is 390 g/mol. The molecule has 0 spiro atoms. The minimum absolute atomic E-state index is 0.108. The third kappa shape index (κ3) is 6.12. The third-order valence-electron chi connectivity index (χ3n) is 3.62. The summed E-state index contributed by atoms with van der Waals surface area (Å²) in [5, 5.41) is 23.2. The molecule has 0 atom stereocenters. The fourth-order valence-corrected chi connectivity index (χ4v) is 2.36. The lowest BCUT2D eigenvalue weighted by atomic mass is 10.1. The number of nitrogens with zero attached hydrogens (tertiary/aromatic N) is 2. The fourth-order valence-electron chi connectivity index (χ4n) is 2.36. The number of benzene rings is 2. The van der Waals surface area contributed by atoms with Gasteiger partial charge in [0.05, 0.1) is 7.11 Å². The van der Waals surface area contributed by atoms with Crippen LogP contribution in [0.5, 0.6) is 11.5 Å². The van der Waals surface area contributed by atoms with Gasteiger partial charge in [-0.1, -0.05) is 6.07 Å². The van der Waals surface area contributed by atoms with Crippen molar-refractivity contribution in [1.82, 2.24) is 0 Å². The lowest BCUT2D eigenvalue weighted by Crippen LogP contribution is -2.13. The van der Waals surface area contributed by atoms with Crippen molar-refractivity contribution in [3.05, 3.63) is 53.6 Å². The molecular formula is C21H18N4O4. The number of nitriles is 2. The lowest BCUT2D eigenvalue weighted by Gasteiger charge is -2.09. The highest BCUT2D eigenvalue weighted by atomic mass is 16.5. The zero-order valence-corrected chi connectivity index (χ0v) is 15.9. The largest absolute Gasteiger partial charge is 0.493 e. The Morgan fingerprint density at radius 3 is 2.24 bits per heavy atom. The molecule has 2 aromatic rings. The van der Waals surface area contributed by atoms with Crippen molar-refractivity contribution in [2.45, 2.75) is 6.92 Å². The number of carbonyl (C=O) groups is 2. The predicted octanol–water partition coefficient (Wildman–Crippen LogP) is 3.10. The van der Waals surface area contributed by atoms with E-state index in [1.165, 1.54) is 20.1 Å². The van der Waals surface area contributed by atoms with Crippen LogP contribution in [0.2, 0.25) is 0 Å². The summed E-state index contributed by atoms with van der Waals surface area (Å²) in [4.78, 5) is 23.5. The standard InChI is InChI=1S/C21H18N4O4/c1-14(26)24-17-4-6-18(7-5-17)25-21(27)16(13-23)11-15-3-8-19(29-10-9-22)20(12-15)28-2/h3-8,11-12H,10H2,1-2H3,(H,24,26)(H,25,27)/b16-11+. The molecule has 29 heavy (non-hydrogen) atoms. The lowest BCUT2D eigenvalue weighted by molar-refractivity contribution is -0.114. The van der Waals surface area contributed by atoms with Gasteiger partial charge >= 0.3 is 0 Å². The summed E-state index contributed by atoms with van der Waals surface area (Å²) in [6, 6.07) is 15.1. The molecule has 0 saturated heterocycles. The van der Waals surface area contributed by atoms with E-state index in [-0.39, 0.29) is 18.1 Å². The first-order chi connectivity index (χ1) is 14.0. The molecule has 2 aromatic carbocycles. The van der Waals surface area contributed by atoms with Crippen LogP contribution in [-0.2, 0) is 9.59 Å². The molecule has 2 N–H and O–H groups in total. The Morgan fingerprint density at radius 1 is 1.03 bits per heavy atom. The van der Waals surface area contributed by atoms with Gasteiger partial charge in [0.25, 0.3) is 5.91 Å². The fraction of sp³-hybridized carbons (Fsp3) is 0.143. The zero-order valence-electron chi connectivity index (χ0n) is 15.9. The summed E-state index contributed by atoms with van der Waals surface area (Å²) in [6.45, 7) is 1.27. The van der Waals surface area contributed by atoms with Crippen LogP contribution in [0.3, 0.4) is 0 Å². The smallest absolute Gasteiger partial charge is 0.266 e. The highest BCUT2D eigenvalue weighted by molar-refractivity contribution is 6.09. The Morgan fingerprint density at radius 2 is 1.69 bits per heavy atom. The molecule has 146 valence electrons. The molecule has 0 saturated carbocycles. The van der Waals surface area contributed by atoms with Gasteiger partial charge in [0.1, 0.15) is 17.7 Å². The Hall–Kier alpha value is -4.30. The first kappa shape index (κ1) is 21.0. The van der Waals surface area contributed by atoms with Crippen LogP contribution >= 0.6 is 0 Å². The molecule has 0 fully saturated rings. The molecular weight excluding hydrogens is 372 g/mol. The van der Waals surface area contributed by atoms with Crippen LogP contribution in [0.1, 0.15) is 12.5 Å². The van der Waals surface area contributed by atoms with Crippen LogP contribution in [0.4, 0.5) is 11.4 Å². The molecule has 0 aliphatic carbocycles. The summed E-state index contributed by atoms with van der Waals surface area (Å²) in [6.07, 6.45) is 1.41. The zero-order chi connectivity index (χ0) is 21.2. The van der Waals surface area contributed by atoms with E-state index in [1.54, 1.807) is 42.5 Å². The minimum atomic E-state index is -0.580. The number of amides is 2. The Balaban J connectivity index is 2.16. The average molecular weight is 390 g/mol. The summed E-state index contributed by atoms with van der Waals surface area (Å²) in [5.41, 5.74) is 1.52. The van der Waals surface area contributed by atoms with Gasteiger partial charge in [0.2, 0.25) is 5.91 Å². The van der Waals surface area contributed by atoms with Crippen molar-refractivity contribution in [1.29, 1.82) is 10.5 Å². The van der Waals surface area contributed by atoms with Gasteiger partial charge in [-0.15, -0.1) is 0 Å². The number of nitrogens with one attached hydrogen (secondary N) is 2. The van der Waals surface area contributed by atoms with Gasteiger partial charge in [-0.25, -0.2) is 0 Å². The van der Waals surface area contributed by atoms with Crippen molar-refractivity contribution >= 4 is 29.3 Å². The number of ether oxygens (including phenoxy) is 2. The Kier molecular flexibility index (Phi) is 7.35. The van der Waals surface area contributed by atoms with Gasteiger partial charge in [-0.05, 0) is 48.0 Å². The maximum Gasteiger partial charge on any atom is 0.266 e. The van der Waals surface area contributed by atoms with E-state index < -0.39 is 5.91 Å². The number of carbonyl (C=O) groups excluding carboxylic acids is 2. The number of rotatable bonds is 7. The second kappa shape index (κ2) is 10.1. The van der Waals surface area contributed by atoms with Crippen molar-refractivity contribution < 1.29 is 19.1 Å². The Labute approximate surface area is 168 Å². The van der Waals surface area contributed by atoms with Gasteiger partial charge in [-0.2, -0.15) is 10.5 Å². The molecule has 0 aromatic heterocycles. The summed E-state index contributed by atoms with van der Waals surface area (Å²) in [5.74, 6) is -0.0202. The van der Waals surface area contributed by atoms with E-state index in [0.29, 0.717) is 28.4 Å². The van der Waals surface area contributed by atoms with Crippen molar-refractivity contribution in [3.63, 3.8) is 0 Å². The van der Waals surface area contributed by atoms with Gasteiger partial charge in [-0.3, -0.25) is 9.59 Å². The second-order valence-electron chi connectivity index (χ2n) is 5.74. The van der Waals surface area contributed by atoms with Gasteiger partial charge in [0, 0.05) is 18.3 Å². The highest BCUT2D eigenvalue weighted by Crippen LogP contribution is 2.29. The summed E-state index contributed by atoms with van der Waals surface area (Å²) >= 11 is 0. The molecule has 2 amide bonds. The Bertz CT molecular complexity index is 1010. The normalized spacial score (nSPS) is 10.3. The summed E-state index contributed by atoms with van der Waals surface area (Å²) < 4.78 is 10.5. The molecule has 0 heterocycles. The number of methoxy groups -OCH3 is 1. The van der Waals surface area contributed by atoms with Crippen LogP contribution in [0.25, 0.3) is 6.08 Å². The van der Waals surface area contributed by atoms with E-state index >= 15 is 0 Å². The number of hydrogen-bond acceptors (Lipinski definition) is 6. The van der Waals surface area contributed by atoms with Crippen LogP contribution in [-0.4, -0.2) is 25.5 Å². The van der Waals surface area contributed by atoms with Gasteiger partial charge < -0.3 is 20.1 Å². The van der Waals surface area contributed by atoms with Crippen molar-refractivity contribution in [3.8, 4) is 23.6 Å². The van der Waals surface area contributed by atoms with Gasteiger partial charge in [0.15, 0.2) is 18.1 Å². The molecule has 8 nitrogen and oxygen atoms in total. The first-order valence-corrected chi connectivity index (χ1v) is 8.45. The van der Waals surface area contributed by atoms with E-state index in [2.05, 4.69) is 10.6 Å². The maximum atomic E-state index is 12.4. The third-order valence-corrected chi connectivity index (χ3v) is 3.62. The first-order valence-electron chi connectivity index (χ1n) is 8.45. The molecule has 2 rings (SSSR count). The maximum absolute atomic E-state index is 12.4. The van der Waals surface area contributed by atoms with Crippen LogP contribution in [0.15, 0.2) is 48.0 Å². The number of anilines is 2. The second-order valence-corrected chi connectivity index (χ2v) is 5.74. The van der Waals surface area contributed by atoms with Crippen molar-refractivity contribution in [2.75, 3.05) is 24.4 Å². The van der Waals surface area contributed by atoms with Crippen molar-refractivity contribution in [2.24, 2.45) is 0 Å². The van der Waals surface area contributed by atoms with E-state index in [9.17, 15) is 14.9 Å². The predicted molar refractivity (Wildman–Crippen MR) is 107 cm³/mol. The highest BCUT2D eigenvalue weighted by Gasteiger charge is 2.11. The van der Waals surface area contributed by atoms with E-state index in [4.69, 9.17) is 14.7 Å². The summed E-state index contributed by atoms with van der Waals surface area (Å²) in [7, 11) is 1.45. The molecule has 0 aliphatic heterocycles. The van der Waals surface area contributed by atoms with Crippen LogP contribution in [0, 0.1) is 22.7 Å². The van der Waals surface area contributed by atoms with Crippen LogP contribution < -0.4 is 20.1 Å². The SMILES string of the molecule is COc1cc(/C=C(\C#N)C(=O)Nc2ccc(NC(C)=O)cc2)ccc1OCC#N. The molecule has 0 radical (unpaired) electrons. The molecule has 0 unspecified atom stereocenters. The average Bonchev–Trinajstić information content (AvgIpc) is 2.71. The molecule has 0 aliphatic rings.